The van der Waals surface area contributed by atoms with Crippen LogP contribution in [0.2, 0.25) is 0 Å². The largest absolute Gasteiger partial charge is 0.367 e. The topological polar surface area (TPSA) is 86.8 Å². The maximum absolute atomic E-state index is 14.5. The highest BCUT2D eigenvalue weighted by molar-refractivity contribution is 5.86. The fraction of sp³-hybridized carbons (Fsp3) is 0.368. The molecule has 4 rings (SSSR count). The molecule has 0 aliphatic carbocycles. The Morgan fingerprint density at radius 1 is 1.21 bits per heavy atom. The molecule has 28 heavy (non-hydrogen) atoms. The third kappa shape index (κ3) is 3.84. The molecule has 7 nitrogen and oxygen atoms in total. The molecular weight excluding hydrogens is 366 g/mol. The molecule has 4 heterocycles. The molecule has 0 spiro atoms. The Bertz CT molecular complexity index is 950. The molecule has 1 aliphatic heterocycles. The number of fused-ring (bicyclic) bond motifs is 1. The van der Waals surface area contributed by atoms with Gasteiger partial charge in [-0.3, -0.25) is 14.7 Å². The summed E-state index contributed by atoms with van der Waals surface area (Å²) in [6, 6.07) is 4.66. The zero-order chi connectivity index (χ0) is 19.6. The summed E-state index contributed by atoms with van der Waals surface area (Å²) < 4.78 is 29.1. The Labute approximate surface area is 160 Å². The quantitative estimate of drug-likeness (QED) is 0.634. The molecule has 0 unspecified atom stereocenters. The van der Waals surface area contributed by atoms with Gasteiger partial charge in [-0.05, 0) is 31.0 Å². The molecule has 1 saturated heterocycles. The standard InChI is InChI=1S/C19H20F2N6O/c20-19(21,16-2-1-13(10-28)9-23-16)11-27-7-4-14(5-8-27)26-18-15-3-6-22-17(15)24-12-25-18/h1-3,6,9-10,12,14H,4-5,7-8,11H2,(H2,22,24,25,26). The van der Waals surface area contributed by atoms with Crippen LogP contribution >= 0.6 is 0 Å². The summed E-state index contributed by atoms with van der Waals surface area (Å²) in [7, 11) is 0. The first-order valence-corrected chi connectivity index (χ1v) is 9.12. The second kappa shape index (κ2) is 7.59. The lowest BCUT2D eigenvalue weighted by Crippen LogP contribution is -2.44. The van der Waals surface area contributed by atoms with Crippen molar-refractivity contribution >= 4 is 23.1 Å². The molecule has 0 atom stereocenters. The van der Waals surface area contributed by atoms with Gasteiger partial charge in [0, 0.05) is 37.1 Å². The number of likely N-dealkylation sites (tertiary alicyclic amines) is 1. The van der Waals surface area contributed by atoms with Crippen LogP contribution in [0.1, 0.15) is 28.9 Å². The molecule has 146 valence electrons. The van der Waals surface area contributed by atoms with Gasteiger partial charge >= 0.3 is 5.92 Å². The van der Waals surface area contributed by atoms with Crippen molar-refractivity contribution in [2.75, 3.05) is 25.0 Å². The Morgan fingerprint density at radius 2 is 2.04 bits per heavy atom. The smallest absolute Gasteiger partial charge is 0.302 e. The van der Waals surface area contributed by atoms with Gasteiger partial charge in [-0.2, -0.15) is 8.78 Å². The average Bonchev–Trinajstić information content (AvgIpc) is 3.19. The van der Waals surface area contributed by atoms with E-state index >= 15 is 0 Å². The van der Waals surface area contributed by atoms with Crippen LogP contribution in [0.5, 0.6) is 0 Å². The summed E-state index contributed by atoms with van der Waals surface area (Å²) in [5, 5.41) is 4.32. The first-order chi connectivity index (χ1) is 13.5. The van der Waals surface area contributed by atoms with E-state index in [1.807, 2.05) is 12.3 Å². The van der Waals surface area contributed by atoms with Crippen LogP contribution in [0.4, 0.5) is 14.6 Å². The van der Waals surface area contributed by atoms with Gasteiger partial charge in [0.05, 0.1) is 11.9 Å². The van der Waals surface area contributed by atoms with Crippen molar-refractivity contribution in [3.8, 4) is 0 Å². The summed E-state index contributed by atoms with van der Waals surface area (Å²) in [5.41, 5.74) is 0.740. The van der Waals surface area contributed by atoms with Crippen LogP contribution in [0.3, 0.4) is 0 Å². The number of aldehydes is 1. The van der Waals surface area contributed by atoms with E-state index in [0.29, 0.717) is 19.4 Å². The van der Waals surface area contributed by atoms with Crippen LogP contribution in [0, 0.1) is 0 Å². The summed E-state index contributed by atoms with van der Waals surface area (Å²) in [6.45, 7) is 0.727. The number of carbonyl (C=O) groups excluding carboxylic acids is 1. The SMILES string of the molecule is O=Cc1ccc(C(F)(F)CN2CCC(Nc3ncnc4[nH]ccc34)CC2)nc1. The first-order valence-electron chi connectivity index (χ1n) is 9.12. The van der Waals surface area contributed by atoms with Crippen molar-refractivity contribution < 1.29 is 13.6 Å². The van der Waals surface area contributed by atoms with Gasteiger partial charge < -0.3 is 10.3 Å². The van der Waals surface area contributed by atoms with Crippen LogP contribution in [-0.4, -0.2) is 56.8 Å². The molecule has 1 fully saturated rings. The van der Waals surface area contributed by atoms with E-state index in [1.54, 1.807) is 4.90 Å². The Morgan fingerprint density at radius 3 is 2.75 bits per heavy atom. The molecule has 0 radical (unpaired) electrons. The van der Waals surface area contributed by atoms with Crippen LogP contribution in [0.25, 0.3) is 11.0 Å². The van der Waals surface area contributed by atoms with Crippen molar-refractivity contribution in [3.05, 3.63) is 48.2 Å². The molecule has 0 amide bonds. The second-order valence-electron chi connectivity index (χ2n) is 6.96. The summed E-state index contributed by atoms with van der Waals surface area (Å²) in [5.74, 6) is -2.31. The van der Waals surface area contributed by atoms with Gasteiger partial charge in [-0.25, -0.2) is 9.97 Å². The van der Waals surface area contributed by atoms with Gasteiger partial charge in [-0.1, -0.05) is 0 Å². The first kappa shape index (κ1) is 18.4. The number of halogens is 2. The minimum Gasteiger partial charge on any atom is -0.367 e. The number of aromatic amines is 1. The number of alkyl halides is 2. The van der Waals surface area contributed by atoms with Crippen LogP contribution in [-0.2, 0) is 5.92 Å². The van der Waals surface area contributed by atoms with E-state index in [9.17, 15) is 13.6 Å². The molecule has 3 aromatic rings. The van der Waals surface area contributed by atoms with E-state index in [4.69, 9.17) is 0 Å². The second-order valence-corrected chi connectivity index (χ2v) is 6.96. The number of H-pyrrole nitrogens is 1. The molecule has 0 aromatic carbocycles. The number of hydrogen-bond donors (Lipinski definition) is 2. The lowest BCUT2D eigenvalue weighted by Gasteiger charge is -2.34. The Balaban J connectivity index is 1.34. The molecule has 0 bridgehead atoms. The molecule has 0 saturated carbocycles. The molecule has 3 aromatic heterocycles. The number of rotatable bonds is 6. The minimum atomic E-state index is -3.06. The normalized spacial score (nSPS) is 16.4. The third-order valence-corrected chi connectivity index (χ3v) is 5.00. The average molecular weight is 386 g/mol. The van der Waals surface area contributed by atoms with Crippen molar-refractivity contribution in [3.63, 3.8) is 0 Å². The molecular formula is C19H20F2N6O. The van der Waals surface area contributed by atoms with Gasteiger partial charge in [0.15, 0.2) is 6.29 Å². The zero-order valence-corrected chi connectivity index (χ0v) is 15.1. The Hall–Kier alpha value is -2.94. The van der Waals surface area contributed by atoms with E-state index in [0.717, 1.165) is 29.7 Å². The summed E-state index contributed by atoms with van der Waals surface area (Å²) in [6.07, 6.45) is 6.55. The third-order valence-electron chi connectivity index (χ3n) is 5.00. The highest BCUT2D eigenvalue weighted by Crippen LogP contribution is 2.29. The number of carbonyl (C=O) groups is 1. The minimum absolute atomic E-state index is 0.169. The number of piperidine rings is 1. The number of pyridine rings is 1. The fourth-order valence-electron chi connectivity index (χ4n) is 3.47. The lowest BCUT2D eigenvalue weighted by molar-refractivity contribution is -0.0457. The molecule has 1 aliphatic rings. The van der Waals surface area contributed by atoms with E-state index in [-0.39, 0.29) is 23.8 Å². The number of aromatic nitrogens is 4. The van der Waals surface area contributed by atoms with Gasteiger partial charge in [-0.15, -0.1) is 0 Å². The van der Waals surface area contributed by atoms with E-state index < -0.39 is 5.92 Å². The number of nitrogens with zero attached hydrogens (tertiary/aromatic N) is 4. The molecule has 9 heteroatoms. The van der Waals surface area contributed by atoms with Crippen molar-refractivity contribution in [2.24, 2.45) is 0 Å². The summed E-state index contributed by atoms with van der Waals surface area (Å²) >= 11 is 0. The van der Waals surface area contributed by atoms with Crippen molar-refractivity contribution in [1.82, 2.24) is 24.8 Å². The van der Waals surface area contributed by atoms with E-state index in [1.165, 1.54) is 24.7 Å². The highest BCUT2D eigenvalue weighted by atomic mass is 19.3. The zero-order valence-electron chi connectivity index (χ0n) is 15.1. The number of hydrogen-bond acceptors (Lipinski definition) is 6. The maximum Gasteiger partial charge on any atom is 0.302 e. The fourth-order valence-corrected chi connectivity index (χ4v) is 3.47. The van der Waals surface area contributed by atoms with Crippen LogP contribution < -0.4 is 5.32 Å². The number of anilines is 1. The monoisotopic (exact) mass is 386 g/mol. The van der Waals surface area contributed by atoms with E-state index in [2.05, 4.69) is 25.3 Å². The van der Waals surface area contributed by atoms with Crippen molar-refractivity contribution in [2.45, 2.75) is 24.8 Å². The number of nitrogens with one attached hydrogen (secondary N) is 2. The van der Waals surface area contributed by atoms with Gasteiger partial charge in [0.25, 0.3) is 0 Å². The lowest BCUT2D eigenvalue weighted by atomic mass is 10.0. The predicted octanol–water partition coefficient (Wildman–Crippen LogP) is 2.83. The Kier molecular flexibility index (Phi) is 4.99. The maximum atomic E-state index is 14.5. The predicted molar refractivity (Wildman–Crippen MR) is 100 cm³/mol. The highest BCUT2D eigenvalue weighted by Gasteiger charge is 2.36. The molecule has 2 N–H and O–H groups in total. The van der Waals surface area contributed by atoms with Gasteiger partial charge in [0.2, 0.25) is 0 Å². The summed E-state index contributed by atoms with van der Waals surface area (Å²) in [4.78, 5) is 27.6. The van der Waals surface area contributed by atoms with Crippen LogP contribution in [0.15, 0.2) is 36.9 Å². The van der Waals surface area contributed by atoms with Crippen molar-refractivity contribution in [1.29, 1.82) is 0 Å². The van der Waals surface area contributed by atoms with Gasteiger partial charge in [0.1, 0.15) is 23.5 Å².